The first kappa shape index (κ1) is 15.7. The molecule has 7 heteroatoms. The molecule has 0 aliphatic carbocycles. The first-order valence-corrected chi connectivity index (χ1v) is 6.09. The highest BCUT2D eigenvalue weighted by atomic mass is 16.5. The van der Waals surface area contributed by atoms with Crippen molar-refractivity contribution < 1.29 is 19.4 Å². The summed E-state index contributed by atoms with van der Waals surface area (Å²) in [6, 6.07) is 3.06. The van der Waals surface area contributed by atoms with Gasteiger partial charge in [0.2, 0.25) is 5.88 Å². The lowest BCUT2D eigenvalue weighted by atomic mass is 10.0. The average molecular weight is 281 g/mol. The van der Waals surface area contributed by atoms with E-state index in [1.54, 1.807) is 32.2 Å². The third kappa shape index (κ3) is 5.55. The highest BCUT2D eigenvalue weighted by molar-refractivity contribution is 5.76. The van der Waals surface area contributed by atoms with Gasteiger partial charge >= 0.3 is 12.0 Å². The Morgan fingerprint density at radius 3 is 2.60 bits per heavy atom. The summed E-state index contributed by atoms with van der Waals surface area (Å²) in [5.41, 5.74) is 0.00522. The van der Waals surface area contributed by atoms with Crippen molar-refractivity contribution in [2.24, 2.45) is 0 Å². The van der Waals surface area contributed by atoms with Gasteiger partial charge in [-0.2, -0.15) is 0 Å². The summed E-state index contributed by atoms with van der Waals surface area (Å²) in [5.74, 6) is -0.463. The van der Waals surface area contributed by atoms with Crippen LogP contribution in [0, 0.1) is 0 Å². The fraction of sp³-hybridized carbons (Fsp3) is 0.462. The van der Waals surface area contributed by atoms with Crippen molar-refractivity contribution in [2.75, 3.05) is 7.11 Å². The van der Waals surface area contributed by atoms with Crippen molar-refractivity contribution >= 4 is 12.0 Å². The SMILES string of the molecule is COc1ccc(CNC(=O)NC(C)(C)CC(=O)O)cn1. The Morgan fingerprint density at radius 2 is 2.10 bits per heavy atom. The van der Waals surface area contributed by atoms with Gasteiger partial charge in [-0.25, -0.2) is 9.78 Å². The van der Waals surface area contributed by atoms with Crippen molar-refractivity contribution in [1.82, 2.24) is 15.6 Å². The molecule has 0 saturated heterocycles. The number of pyridine rings is 1. The van der Waals surface area contributed by atoms with Crippen molar-refractivity contribution in [3.63, 3.8) is 0 Å². The molecule has 7 nitrogen and oxygen atoms in total. The van der Waals surface area contributed by atoms with Crippen molar-refractivity contribution in [2.45, 2.75) is 32.4 Å². The second kappa shape index (κ2) is 6.74. The van der Waals surface area contributed by atoms with E-state index in [-0.39, 0.29) is 6.42 Å². The van der Waals surface area contributed by atoms with E-state index < -0.39 is 17.5 Å². The number of aliphatic carboxylic acids is 1. The van der Waals surface area contributed by atoms with E-state index in [0.29, 0.717) is 12.4 Å². The molecule has 0 fully saturated rings. The van der Waals surface area contributed by atoms with Gasteiger partial charge in [0.05, 0.1) is 13.5 Å². The van der Waals surface area contributed by atoms with Crippen molar-refractivity contribution in [3.05, 3.63) is 23.9 Å². The van der Waals surface area contributed by atoms with E-state index in [1.807, 2.05) is 0 Å². The van der Waals surface area contributed by atoms with E-state index in [0.717, 1.165) is 5.56 Å². The number of urea groups is 1. The smallest absolute Gasteiger partial charge is 0.315 e. The molecule has 0 atom stereocenters. The lowest BCUT2D eigenvalue weighted by Gasteiger charge is -2.24. The summed E-state index contributed by atoms with van der Waals surface area (Å²) >= 11 is 0. The molecule has 2 amide bonds. The van der Waals surface area contributed by atoms with Crippen LogP contribution in [0.4, 0.5) is 4.79 Å². The predicted molar refractivity (Wildman–Crippen MR) is 72.5 cm³/mol. The number of aromatic nitrogens is 1. The van der Waals surface area contributed by atoms with Crippen LogP contribution in [0.15, 0.2) is 18.3 Å². The van der Waals surface area contributed by atoms with Crippen molar-refractivity contribution in [3.8, 4) is 5.88 Å². The zero-order valence-electron chi connectivity index (χ0n) is 11.8. The zero-order valence-corrected chi connectivity index (χ0v) is 11.8. The number of nitrogens with one attached hydrogen (secondary N) is 2. The molecule has 0 radical (unpaired) electrons. The largest absolute Gasteiger partial charge is 0.481 e. The molecular weight excluding hydrogens is 262 g/mol. The van der Waals surface area contributed by atoms with E-state index in [4.69, 9.17) is 9.84 Å². The number of hydrogen-bond donors (Lipinski definition) is 3. The second-order valence-corrected chi connectivity index (χ2v) is 4.97. The Balaban J connectivity index is 2.44. The van der Waals surface area contributed by atoms with E-state index in [9.17, 15) is 9.59 Å². The molecule has 0 aliphatic rings. The molecule has 0 bridgehead atoms. The highest BCUT2D eigenvalue weighted by Crippen LogP contribution is 2.08. The number of carbonyl (C=O) groups is 2. The maximum atomic E-state index is 11.7. The van der Waals surface area contributed by atoms with E-state index in [2.05, 4.69) is 15.6 Å². The summed E-state index contributed by atoms with van der Waals surface area (Å²) in [6.45, 7) is 3.59. The van der Waals surface area contributed by atoms with Crippen LogP contribution < -0.4 is 15.4 Å². The van der Waals surface area contributed by atoms with E-state index in [1.165, 1.54) is 7.11 Å². The maximum absolute atomic E-state index is 11.7. The van der Waals surface area contributed by atoms with Gasteiger partial charge < -0.3 is 20.5 Å². The number of amides is 2. The van der Waals surface area contributed by atoms with Gasteiger partial charge in [-0.1, -0.05) is 6.07 Å². The third-order valence-electron chi connectivity index (χ3n) is 2.50. The van der Waals surface area contributed by atoms with Crippen molar-refractivity contribution in [1.29, 1.82) is 0 Å². The molecule has 20 heavy (non-hydrogen) atoms. The molecule has 110 valence electrons. The minimum absolute atomic E-state index is 0.148. The number of rotatable bonds is 6. The van der Waals surface area contributed by atoms with Crippen LogP contribution >= 0.6 is 0 Å². The summed E-state index contributed by atoms with van der Waals surface area (Å²) < 4.78 is 4.93. The van der Waals surface area contributed by atoms with Gasteiger partial charge in [-0.3, -0.25) is 4.79 Å². The molecule has 1 heterocycles. The zero-order chi connectivity index (χ0) is 15.2. The lowest BCUT2D eigenvalue weighted by Crippen LogP contribution is -2.49. The van der Waals surface area contributed by atoms with Crippen LogP contribution in [0.3, 0.4) is 0 Å². The molecule has 1 rings (SSSR count). The van der Waals surface area contributed by atoms with Gasteiger partial charge in [0.1, 0.15) is 0 Å². The summed E-state index contributed by atoms with van der Waals surface area (Å²) in [7, 11) is 1.53. The van der Waals surface area contributed by atoms with E-state index >= 15 is 0 Å². The minimum Gasteiger partial charge on any atom is -0.481 e. The van der Waals surface area contributed by atoms with Gasteiger partial charge in [0, 0.05) is 24.3 Å². The van der Waals surface area contributed by atoms with Crippen LogP contribution in [0.2, 0.25) is 0 Å². The molecule has 0 unspecified atom stereocenters. The molecule has 0 aromatic carbocycles. The van der Waals surface area contributed by atoms with Gasteiger partial charge in [-0.15, -0.1) is 0 Å². The molecule has 1 aromatic rings. The highest BCUT2D eigenvalue weighted by Gasteiger charge is 2.23. The molecular formula is C13H19N3O4. The molecule has 0 saturated carbocycles. The molecule has 0 aliphatic heterocycles. The first-order valence-electron chi connectivity index (χ1n) is 6.09. The summed E-state index contributed by atoms with van der Waals surface area (Å²) in [6.07, 6.45) is 1.45. The normalized spacial score (nSPS) is 10.8. The number of carbonyl (C=O) groups excluding carboxylic acids is 1. The number of hydrogen-bond acceptors (Lipinski definition) is 4. The first-order chi connectivity index (χ1) is 9.32. The van der Waals surface area contributed by atoms with Crippen LogP contribution in [0.1, 0.15) is 25.8 Å². The Kier molecular flexibility index (Phi) is 5.31. The fourth-order valence-corrected chi connectivity index (χ4v) is 1.59. The molecule has 3 N–H and O–H groups in total. The Morgan fingerprint density at radius 1 is 1.40 bits per heavy atom. The third-order valence-corrected chi connectivity index (χ3v) is 2.50. The number of nitrogens with zero attached hydrogens (tertiary/aromatic N) is 1. The standard InChI is InChI=1S/C13H19N3O4/c1-13(2,6-11(17)18)16-12(19)15-8-9-4-5-10(20-3)14-7-9/h4-5,7H,6,8H2,1-3H3,(H,17,18)(H2,15,16,19). The summed E-state index contributed by atoms with van der Waals surface area (Å²) in [5, 5.41) is 14.0. The second-order valence-electron chi connectivity index (χ2n) is 4.97. The average Bonchev–Trinajstić information content (AvgIpc) is 2.34. The topological polar surface area (TPSA) is 101 Å². The summed E-state index contributed by atoms with van der Waals surface area (Å²) in [4.78, 5) is 26.3. The van der Waals surface area contributed by atoms with Crippen LogP contribution in [-0.4, -0.2) is 34.7 Å². The maximum Gasteiger partial charge on any atom is 0.315 e. The minimum atomic E-state index is -0.963. The quantitative estimate of drug-likeness (QED) is 0.726. The van der Waals surface area contributed by atoms with Gasteiger partial charge in [0.25, 0.3) is 0 Å². The number of methoxy groups -OCH3 is 1. The number of carboxylic acid groups (broad SMARTS) is 1. The van der Waals surface area contributed by atoms with Crippen LogP contribution in [0.25, 0.3) is 0 Å². The monoisotopic (exact) mass is 281 g/mol. The number of carboxylic acids is 1. The van der Waals surface area contributed by atoms with Crippen LogP contribution in [-0.2, 0) is 11.3 Å². The van der Waals surface area contributed by atoms with Crippen LogP contribution in [0.5, 0.6) is 5.88 Å². The number of ether oxygens (including phenoxy) is 1. The Bertz CT molecular complexity index is 471. The van der Waals surface area contributed by atoms with Gasteiger partial charge in [0.15, 0.2) is 0 Å². The fourth-order valence-electron chi connectivity index (χ4n) is 1.59. The molecule has 1 aromatic heterocycles. The molecule has 0 spiro atoms. The Hall–Kier alpha value is -2.31. The lowest BCUT2D eigenvalue weighted by molar-refractivity contribution is -0.138. The van der Waals surface area contributed by atoms with Gasteiger partial charge in [-0.05, 0) is 19.4 Å². The predicted octanol–water partition coefficient (Wildman–Crippen LogP) is 1.14. The Labute approximate surface area is 117 Å².